The number of rotatable bonds is 4. The van der Waals surface area contributed by atoms with Crippen molar-refractivity contribution in [1.82, 2.24) is 4.98 Å². The first-order valence-electron chi connectivity index (χ1n) is 4.87. The van der Waals surface area contributed by atoms with Gasteiger partial charge in [-0.1, -0.05) is 20.8 Å². The fourth-order valence-corrected chi connectivity index (χ4v) is 2.51. The summed E-state index contributed by atoms with van der Waals surface area (Å²) in [5.41, 5.74) is 6.46. The highest BCUT2D eigenvalue weighted by molar-refractivity contribution is 7.13. The smallest absolute Gasteiger partial charge is 0.135 e. The second kappa shape index (κ2) is 4.55. The van der Waals surface area contributed by atoms with E-state index >= 15 is 0 Å². The lowest BCUT2D eigenvalue weighted by Crippen LogP contribution is -2.11. The number of nitrogen functional groups attached to an aromatic ring is 1. The van der Waals surface area contributed by atoms with Crippen LogP contribution in [-0.2, 0) is 12.8 Å². The maximum atomic E-state index is 7.42. The van der Waals surface area contributed by atoms with E-state index in [-0.39, 0.29) is 5.84 Å². The average Bonchev–Trinajstić information content (AvgIpc) is 2.46. The van der Waals surface area contributed by atoms with Crippen LogP contribution in [0, 0.1) is 11.3 Å². The Labute approximate surface area is 88.9 Å². The van der Waals surface area contributed by atoms with Crippen LogP contribution in [0.5, 0.6) is 0 Å². The Kier molecular flexibility index (Phi) is 3.63. The monoisotopic (exact) mass is 211 g/mol. The Morgan fingerprint density at radius 1 is 1.57 bits per heavy atom. The lowest BCUT2D eigenvalue weighted by Gasteiger charge is -1.98. The first-order chi connectivity index (χ1) is 6.54. The number of amidine groups is 1. The minimum Gasteiger partial charge on any atom is -0.383 e. The van der Waals surface area contributed by atoms with Gasteiger partial charge in [0, 0.05) is 6.42 Å². The molecule has 0 aliphatic rings. The van der Waals surface area contributed by atoms with Crippen LogP contribution in [0.3, 0.4) is 0 Å². The van der Waals surface area contributed by atoms with Crippen LogP contribution in [0.4, 0.5) is 0 Å². The van der Waals surface area contributed by atoms with Gasteiger partial charge < -0.3 is 5.73 Å². The molecule has 0 amide bonds. The van der Waals surface area contributed by atoms with Gasteiger partial charge in [0.1, 0.15) is 5.84 Å². The molecule has 0 bridgehead atoms. The number of aryl methyl sites for hydroxylation is 1. The number of nitrogens with one attached hydrogen (secondary N) is 1. The summed E-state index contributed by atoms with van der Waals surface area (Å²) in [7, 11) is 0. The van der Waals surface area contributed by atoms with Gasteiger partial charge in [-0.2, -0.15) is 0 Å². The van der Waals surface area contributed by atoms with E-state index in [1.807, 2.05) is 6.92 Å². The largest absolute Gasteiger partial charge is 0.383 e. The van der Waals surface area contributed by atoms with Crippen LogP contribution in [0.15, 0.2) is 0 Å². The molecule has 3 N–H and O–H groups in total. The molecule has 0 saturated heterocycles. The summed E-state index contributed by atoms with van der Waals surface area (Å²) in [6.07, 6.45) is 1.83. The SMILES string of the molecule is CCc1nc(CC(C)C)sc1C(=N)N. The van der Waals surface area contributed by atoms with Gasteiger partial charge in [-0.3, -0.25) is 5.41 Å². The number of aromatic nitrogens is 1. The zero-order valence-electron chi connectivity index (χ0n) is 8.92. The normalized spacial score (nSPS) is 10.9. The molecule has 0 atom stereocenters. The van der Waals surface area contributed by atoms with Crippen LogP contribution in [0.25, 0.3) is 0 Å². The molecule has 0 radical (unpaired) electrons. The lowest BCUT2D eigenvalue weighted by molar-refractivity contribution is 0.643. The van der Waals surface area contributed by atoms with Gasteiger partial charge in [-0.25, -0.2) is 4.98 Å². The van der Waals surface area contributed by atoms with Crippen molar-refractivity contribution in [2.45, 2.75) is 33.6 Å². The van der Waals surface area contributed by atoms with Crippen molar-refractivity contribution < 1.29 is 0 Å². The second-order valence-corrected chi connectivity index (χ2v) is 4.83. The van der Waals surface area contributed by atoms with Crippen molar-refractivity contribution in [2.75, 3.05) is 0 Å². The van der Waals surface area contributed by atoms with Crippen LogP contribution in [-0.4, -0.2) is 10.8 Å². The third-order valence-corrected chi connectivity index (χ3v) is 3.06. The van der Waals surface area contributed by atoms with Crippen molar-refractivity contribution in [1.29, 1.82) is 5.41 Å². The van der Waals surface area contributed by atoms with E-state index in [9.17, 15) is 0 Å². The van der Waals surface area contributed by atoms with E-state index in [0.29, 0.717) is 5.92 Å². The van der Waals surface area contributed by atoms with Crippen LogP contribution in [0.1, 0.15) is 36.3 Å². The van der Waals surface area contributed by atoms with E-state index in [2.05, 4.69) is 18.8 Å². The van der Waals surface area contributed by atoms with E-state index in [1.54, 1.807) is 11.3 Å². The quantitative estimate of drug-likeness (QED) is 0.592. The lowest BCUT2D eigenvalue weighted by atomic mass is 10.1. The molecule has 14 heavy (non-hydrogen) atoms. The van der Waals surface area contributed by atoms with Gasteiger partial charge in [0.2, 0.25) is 0 Å². The van der Waals surface area contributed by atoms with Gasteiger partial charge in [0.15, 0.2) is 0 Å². The predicted molar refractivity (Wildman–Crippen MR) is 61.1 cm³/mol. The third kappa shape index (κ3) is 2.54. The molecule has 0 aromatic carbocycles. The number of thiazole rings is 1. The highest BCUT2D eigenvalue weighted by Crippen LogP contribution is 2.21. The van der Waals surface area contributed by atoms with E-state index in [4.69, 9.17) is 11.1 Å². The zero-order chi connectivity index (χ0) is 10.7. The fraction of sp³-hybridized carbons (Fsp3) is 0.600. The van der Waals surface area contributed by atoms with Gasteiger partial charge in [-0.15, -0.1) is 11.3 Å². The summed E-state index contributed by atoms with van der Waals surface area (Å²) in [5.74, 6) is 0.750. The average molecular weight is 211 g/mol. The Morgan fingerprint density at radius 3 is 2.57 bits per heavy atom. The molecule has 0 saturated carbocycles. The number of hydrogen-bond acceptors (Lipinski definition) is 3. The molecule has 4 heteroatoms. The summed E-state index contributed by atoms with van der Waals surface area (Å²) >= 11 is 1.56. The predicted octanol–water partition coefficient (Wildman–Crippen LogP) is 2.19. The Balaban J connectivity index is 2.94. The van der Waals surface area contributed by atoms with E-state index in [1.165, 1.54) is 0 Å². The molecule has 1 heterocycles. The van der Waals surface area contributed by atoms with Crippen LogP contribution < -0.4 is 5.73 Å². The van der Waals surface area contributed by atoms with Gasteiger partial charge in [0.05, 0.1) is 15.6 Å². The molecule has 1 aromatic rings. The number of hydrogen-bond donors (Lipinski definition) is 2. The topological polar surface area (TPSA) is 62.8 Å². The fourth-order valence-electron chi connectivity index (χ4n) is 1.29. The molecular weight excluding hydrogens is 194 g/mol. The molecular formula is C10H17N3S. The van der Waals surface area contributed by atoms with Gasteiger partial charge >= 0.3 is 0 Å². The van der Waals surface area contributed by atoms with Crippen molar-refractivity contribution in [3.05, 3.63) is 15.6 Å². The van der Waals surface area contributed by atoms with Crippen molar-refractivity contribution in [3.8, 4) is 0 Å². The summed E-state index contributed by atoms with van der Waals surface area (Å²) in [6.45, 7) is 6.38. The Morgan fingerprint density at radius 2 is 2.21 bits per heavy atom. The van der Waals surface area contributed by atoms with Crippen molar-refractivity contribution in [3.63, 3.8) is 0 Å². The number of nitrogens with two attached hydrogens (primary N) is 1. The molecule has 0 aliphatic carbocycles. The minimum atomic E-state index is 0.148. The molecule has 1 aromatic heterocycles. The molecule has 3 nitrogen and oxygen atoms in total. The maximum Gasteiger partial charge on any atom is 0.135 e. The van der Waals surface area contributed by atoms with E-state index < -0.39 is 0 Å². The molecule has 0 spiro atoms. The minimum absolute atomic E-state index is 0.148. The van der Waals surface area contributed by atoms with E-state index in [0.717, 1.165) is 28.4 Å². The highest BCUT2D eigenvalue weighted by atomic mass is 32.1. The Bertz CT molecular complexity index is 328. The third-order valence-electron chi connectivity index (χ3n) is 1.90. The number of nitrogens with zero attached hydrogens (tertiary/aromatic N) is 1. The highest BCUT2D eigenvalue weighted by Gasteiger charge is 2.12. The van der Waals surface area contributed by atoms with Gasteiger partial charge in [0.25, 0.3) is 0 Å². The molecule has 1 rings (SSSR count). The summed E-state index contributed by atoms with van der Waals surface area (Å²) in [4.78, 5) is 5.34. The van der Waals surface area contributed by atoms with Crippen molar-refractivity contribution >= 4 is 17.2 Å². The summed E-state index contributed by atoms with van der Waals surface area (Å²) in [5, 5.41) is 8.52. The first-order valence-corrected chi connectivity index (χ1v) is 5.69. The zero-order valence-corrected chi connectivity index (χ0v) is 9.74. The summed E-state index contributed by atoms with van der Waals surface area (Å²) in [6, 6.07) is 0. The van der Waals surface area contributed by atoms with Gasteiger partial charge in [-0.05, 0) is 12.3 Å². The van der Waals surface area contributed by atoms with Crippen molar-refractivity contribution in [2.24, 2.45) is 11.7 Å². The second-order valence-electron chi connectivity index (χ2n) is 3.75. The first kappa shape index (κ1) is 11.2. The standard InChI is InChI=1S/C10H17N3S/c1-4-7-9(10(11)12)14-8(13-7)5-6(2)3/h6H,4-5H2,1-3H3,(H3,11,12). The molecule has 0 aliphatic heterocycles. The van der Waals surface area contributed by atoms with Crippen LogP contribution >= 0.6 is 11.3 Å². The maximum absolute atomic E-state index is 7.42. The Hall–Kier alpha value is -0.900. The summed E-state index contributed by atoms with van der Waals surface area (Å²) < 4.78 is 0. The van der Waals surface area contributed by atoms with Crippen LogP contribution in [0.2, 0.25) is 0 Å². The molecule has 78 valence electrons. The molecule has 0 unspecified atom stereocenters. The molecule has 0 fully saturated rings.